The van der Waals surface area contributed by atoms with Crippen LogP contribution >= 0.6 is 27.7 Å². The number of imidazole rings is 1. The highest BCUT2D eigenvalue weighted by Crippen LogP contribution is 2.26. The quantitative estimate of drug-likeness (QED) is 0.555. The van der Waals surface area contributed by atoms with Crippen LogP contribution in [0.3, 0.4) is 0 Å². The molecule has 7 heteroatoms. The van der Waals surface area contributed by atoms with E-state index in [0.717, 1.165) is 27.8 Å². The fourth-order valence-corrected chi connectivity index (χ4v) is 3.10. The standard InChI is InChI=1S/C15H15BrN4OS/c1-3-8-20-13-11(14(22-2)19-15(20)21)17-12(18-13)9-4-6-10(16)7-5-9/h4-7H,3,8H2,1-2H3,(H,17,18). The Hall–Kier alpha value is -1.60. The zero-order chi connectivity index (χ0) is 15.7. The Morgan fingerprint density at radius 3 is 2.64 bits per heavy atom. The van der Waals surface area contributed by atoms with E-state index >= 15 is 0 Å². The van der Waals surface area contributed by atoms with Crippen LogP contribution in [0.1, 0.15) is 13.3 Å². The topological polar surface area (TPSA) is 63.6 Å². The van der Waals surface area contributed by atoms with Crippen molar-refractivity contribution < 1.29 is 0 Å². The zero-order valence-corrected chi connectivity index (χ0v) is 14.7. The second-order valence-corrected chi connectivity index (χ2v) is 6.56. The number of nitrogens with zero attached hydrogens (tertiary/aromatic N) is 3. The monoisotopic (exact) mass is 378 g/mol. The van der Waals surface area contributed by atoms with Crippen molar-refractivity contribution in [2.45, 2.75) is 24.9 Å². The summed E-state index contributed by atoms with van der Waals surface area (Å²) in [6.45, 7) is 2.64. The molecule has 0 radical (unpaired) electrons. The molecule has 0 atom stereocenters. The van der Waals surface area contributed by atoms with Crippen LogP contribution < -0.4 is 5.69 Å². The minimum Gasteiger partial charge on any atom is -0.334 e. The summed E-state index contributed by atoms with van der Waals surface area (Å²) >= 11 is 4.87. The number of hydrogen-bond acceptors (Lipinski definition) is 4. The van der Waals surface area contributed by atoms with Gasteiger partial charge in [-0.15, -0.1) is 11.8 Å². The molecule has 0 amide bonds. The van der Waals surface area contributed by atoms with Crippen LogP contribution in [0, 0.1) is 0 Å². The van der Waals surface area contributed by atoms with E-state index in [1.54, 1.807) is 4.57 Å². The van der Waals surface area contributed by atoms with Crippen LogP contribution in [0.2, 0.25) is 0 Å². The molecule has 2 aromatic heterocycles. The van der Waals surface area contributed by atoms with E-state index < -0.39 is 0 Å². The van der Waals surface area contributed by atoms with Crippen molar-refractivity contribution in [1.82, 2.24) is 19.5 Å². The highest BCUT2D eigenvalue weighted by Gasteiger charge is 2.15. The summed E-state index contributed by atoms with van der Waals surface area (Å²) in [6.07, 6.45) is 2.77. The van der Waals surface area contributed by atoms with Crippen molar-refractivity contribution in [2.75, 3.05) is 6.26 Å². The average Bonchev–Trinajstić information content (AvgIpc) is 2.95. The van der Waals surface area contributed by atoms with Gasteiger partial charge in [0, 0.05) is 16.6 Å². The lowest BCUT2D eigenvalue weighted by Gasteiger charge is -2.05. The molecule has 1 N–H and O–H groups in total. The van der Waals surface area contributed by atoms with Gasteiger partial charge in [-0.2, -0.15) is 4.98 Å². The van der Waals surface area contributed by atoms with Gasteiger partial charge in [-0.05, 0) is 24.8 Å². The van der Waals surface area contributed by atoms with Gasteiger partial charge in [0.2, 0.25) is 0 Å². The predicted octanol–water partition coefficient (Wildman–Crippen LogP) is 3.68. The van der Waals surface area contributed by atoms with Gasteiger partial charge in [0.1, 0.15) is 16.4 Å². The number of thioether (sulfide) groups is 1. The maximum absolute atomic E-state index is 12.2. The van der Waals surface area contributed by atoms with Crippen molar-refractivity contribution in [2.24, 2.45) is 0 Å². The molecule has 0 aliphatic carbocycles. The molecule has 0 fully saturated rings. The summed E-state index contributed by atoms with van der Waals surface area (Å²) in [7, 11) is 0. The van der Waals surface area contributed by atoms with E-state index in [2.05, 4.69) is 30.9 Å². The van der Waals surface area contributed by atoms with Crippen molar-refractivity contribution in [3.05, 3.63) is 39.2 Å². The number of benzene rings is 1. The van der Waals surface area contributed by atoms with Gasteiger partial charge in [-0.1, -0.05) is 35.0 Å². The molecule has 1 aromatic carbocycles. The first-order valence-electron chi connectivity index (χ1n) is 6.94. The van der Waals surface area contributed by atoms with Crippen molar-refractivity contribution >= 4 is 38.9 Å². The van der Waals surface area contributed by atoms with Crippen LogP contribution in [0.4, 0.5) is 0 Å². The average molecular weight is 379 g/mol. The molecular weight excluding hydrogens is 364 g/mol. The van der Waals surface area contributed by atoms with Gasteiger partial charge < -0.3 is 4.98 Å². The fourth-order valence-electron chi connectivity index (χ4n) is 2.32. The van der Waals surface area contributed by atoms with Gasteiger partial charge in [0.15, 0.2) is 5.65 Å². The number of H-pyrrole nitrogens is 1. The number of hydrogen-bond donors (Lipinski definition) is 1. The third-order valence-electron chi connectivity index (χ3n) is 3.34. The van der Waals surface area contributed by atoms with Crippen molar-refractivity contribution in [3.8, 4) is 11.4 Å². The molecule has 22 heavy (non-hydrogen) atoms. The SMILES string of the molecule is CCCn1c(=O)nc(SC)c2[nH]c(-c3ccc(Br)cc3)nc21. The molecule has 0 spiro atoms. The number of nitrogens with one attached hydrogen (secondary N) is 1. The third-order valence-corrected chi connectivity index (χ3v) is 4.55. The molecule has 3 rings (SSSR count). The largest absolute Gasteiger partial charge is 0.350 e. The minimum atomic E-state index is -0.243. The van der Waals surface area contributed by atoms with Gasteiger partial charge in [0.25, 0.3) is 0 Å². The lowest BCUT2D eigenvalue weighted by atomic mass is 10.2. The van der Waals surface area contributed by atoms with E-state index in [1.165, 1.54) is 11.8 Å². The second-order valence-electron chi connectivity index (χ2n) is 4.85. The Kier molecular flexibility index (Phi) is 4.35. The third kappa shape index (κ3) is 2.70. The summed E-state index contributed by atoms with van der Waals surface area (Å²) in [4.78, 5) is 24.3. The molecule has 0 aliphatic heterocycles. The Bertz CT molecular complexity index is 870. The molecule has 0 aliphatic rings. The first-order chi connectivity index (χ1) is 10.6. The van der Waals surface area contributed by atoms with Gasteiger partial charge in [-0.25, -0.2) is 9.78 Å². The van der Waals surface area contributed by atoms with Crippen LogP contribution in [0.25, 0.3) is 22.6 Å². The summed E-state index contributed by atoms with van der Waals surface area (Å²) < 4.78 is 2.65. The van der Waals surface area contributed by atoms with E-state index in [4.69, 9.17) is 0 Å². The molecule has 0 saturated heterocycles. The molecule has 2 heterocycles. The van der Waals surface area contributed by atoms with Crippen LogP contribution in [-0.2, 0) is 6.54 Å². The van der Waals surface area contributed by atoms with E-state index in [1.807, 2.05) is 37.4 Å². The molecule has 0 bridgehead atoms. The Morgan fingerprint density at radius 1 is 1.27 bits per heavy atom. The van der Waals surface area contributed by atoms with Crippen LogP contribution in [0.5, 0.6) is 0 Å². The summed E-state index contributed by atoms with van der Waals surface area (Å²) in [5, 5.41) is 0.684. The van der Waals surface area contributed by atoms with E-state index in [-0.39, 0.29) is 5.69 Å². The Labute approximate surface area is 140 Å². The Balaban J connectivity index is 2.25. The Morgan fingerprint density at radius 2 is 2.00 bits per heavy atom. The highest BCUT2D eigenvalue weighted by molar-refractivity contribution is 9.10. The fraction of sp³-hybridized carbons (Fsp3) is 0.267. The maximum Gasteiger partial charge on any atom is 0.350 e. The van der Waals surface area contributed by atoms with Gasteiger partial charge in [0.05, 0.1) is 0 Å². The summed E-state index contributed by atoms with van der Waals surface area (Å²) in [5.74, 6) is 0.745. The molecule has 0 unspecified atom stereocenters. The predicted molar refractivity (Wildman–Crippen MR) is 93.4 cm³/mol. The summed E-state index contributed by atoms with van der Waals surface area (Å²) in [5.41, 5.74) is 2.22. The number of aromatic amines is 1. The number of aromatic nitrogens is 4. The normalized spacial score (nSPS) is 11.2. The number of rotatable bonds is 4. The van der Waals surface area contributed by atoms with E-state index in [0.29, 0.717) is 17.2 Å². The molecule has 3 aromatic rings. The summed E-state index contributed by atoms with van der Waals surface area (Å²) in [6, 6.07) is 7.90. The lowest BCUT2D eigenvalue weighted by Crippen LogP contribution is -2.24. The van der Waals surface area contributed by atoms with Crippen molar-refractivity contribution in [1.29, 1.82) is 0 Å². The van der Waals surface area contributed by atoms with E-state index in [9.17, 15) is 4.79 Å². The van der Waals surface area contributed by atoms with Crippen LogP contribution in [0.15, 0.2) is 38.6 Å². The highest BCUT2D eigenvalue weighted by atomic mass is 79.9. The molecule has 0 saturated carbocycles. The minimum absolute atomic E-state index is 0.243. The first kappa shape index (κ1) is 15.3. The van der Waals surface area contributed by atoms with Gasteiger partial charge in [-0.3, -0.25) is 4.57 Å². The number of fused-ring (bicyclic) bond motifs is 1. The smallest absolute Gasteiger partial charge is 0.334 e. The van der Waals surface area contributed by atoms with Crippen LogP contribution in [-0.4, -0.2) is 25.8 Å². The van der Waals surface area contributed by atoms with Gasteiger partial charge >= 0.3 is 5.69 Å². The number of aryl methyl sites for hydroxylation is 1. The second kappa shape index (κ2) is 6.26. The first-order valence-corrected chi connectivity index (χ1v) is 8.96. The zero-order valence-electron chi connectivity index (χ0n) is 12.3. The van der Waals surface area contributed by atoms with Crippen molar-refractivity contribution in [3.63, 3.8) is 0 Å². The molecule has 114 valence electrons. The maximum atomic E-state index is 12.2. The molecule has 5 nitrogen and oxygen atoms in total. The molecular formula is C15H15BrN4OS. The lowest BCUT2D eigenvalue weighted by molar-refractivity contribution is 0.648. The number of halogens is 1.